The molecule has 1 amide bonds. The summed E-state index contributed by atoms with van der Waals surface area (Å²) in [5.74, 6) is -0.426. The highest BCUT2D eigenvalue weighted by Crippen LogP contribution is 2.27. The number of rotatable bonds is 2. The van der Waals surface area contributed by atoms with Crippen molar-refractivity contribution in [3.63, 3.8) is 0 Å². The topological polar surface area (TPSA) is 53.4 Å². The Kier molecular flexibility index (Phi) is 3.93. The summed E-state index contributed by atoms with van der Waals surface area (Å²) >= 11 is 0. The first-order chi connectivity index (χ1) is 12.1. The Morgan fingerprint density at radius 3 is 2.64 bits per heavy atom. The van der Waals surface area contributed by atoms with Crippen LogP contribution >= 0.6 is 0 Å². The molecular weight excluding hydrogens is 319 g/mol. The second kappa shape index (κ2) is 6.26. The molecule has 0 bridgehead atoms. The minimum Gasteiger partial charge on any atom is -0.391 e. The van der Waals surface area contributed by atoms with E-state index in [4.69, 9.17) is 0 Å². The van der Waals surface area contributed by atoms with Crippen molar-refractivity contribution >= 4 is 16.8 Å². The lowest BCUT2D eigenvalue weighted by molar-refractivity contribution is 0.0767. The third-order valence-electron chi connectivity index (χ3n) is 4.54. The van der Waals surface area contributed by atoms with E-state index in [1.165, 1.54) is 12.1 Å². The third kappa shape index (κ3) is 2.98. The molecule has 0 spiro atoms. The van der Waals surface area contributed by atoms with Gasteiger partial charge in [-0.2, -0.15) is 0 Å². The lowest BCUT2D eigenvalue weighted by Gasteiger charge is -2.17. The molecule has 0 radical (unpaired) electrons. The van der Waals surface area contributed by atoms with E-state index in [1.54, 1.807) is 23.1 Å². The van der Waals surface area contributed by atoms with Gasteiger partial charge in [0.2, 0.25) is 0 Å². The van der Waals surface area contributed by atoms with Gasteiger partial charge in [-0.3, -0.25) is 4.79 Å². The average molecular weight is 336 g/mol. The molecule has 1 saturated heterocycles. The van der Waals surface area contributed by atoms with Gasteiger partial charge in [0.25, 0.3) is 5.91 Å². The number of fused-ring (bicyclic) bond motifs is 1. The van der Waals surface area contributed by atoms with Gasteiger partial charge < -0.3 is 10.0 Å². The number of likely N-dealkylation sites (tertiary alicyclic amines) is 1. The van der Waals surface area contributed by atoms with E-state index >= 15 is 0 Å². The van der Waals surface area contributed by atoms with Gasteiger partial charge in [-0.15, -0.1) is 0 Å². The zero-order valence-electron chi connectivity index (χ0n) is 13.5. The normalized spacial score (nSPS) is 17.2. The molecule has 0 unspecified atom stereocenters. The van der Waals surface area contributed by atoms with Crippen LogP contribution in [-0.2, 0) is 0 Å². The molecule has 126 valence electrons. The van der Waals surface area contributed by atoms with E-state index in [-0.39, 0.29) is 11.7 Å². The van der Waals surface area contributed by atoms with Crippen LogP contribution in [-0.4, -0.2) is 40.1 Å². The van der Waals surface area contributed by atoms with Crippen LogP contribution in [0, 0.1) is 5.82 Å². The summed E-state index contributed by atoms with van der Waals surface area (Å²) in [5, 5.41) is 10.5. The lowest BCUT2D eigenvalue weighted by atomic mass is 10.0. The Balaban J connectivity index is 1.84. The van der Waals surface area contributed by atoms with E-state index < -0.39 is 6.10 Å². The van der Waals surface area contributed by atoms with E-state index in [9.17, 15) is 14.3 Å². The molecule has 5 heteroatoms. The fourth-order valence-electron chi connectivity index (χ4n) is 3.22. The Morgan fingerprint density at radius 2 is 1.92 bits per heavy atom. The number of carbonyl (C=O) groups is 1. The Hall–Kier alpha value is -2.79. The van der Waals surface area contributed by atoms with Gasteiger partial charge in [-0.25, -0.2) is 9.37 Å². The molecule has 1 fully saturated rings. The lowest BCUT2D eigenvalue weighted by Crippen LogP contribution is -2.29. The van der Waals surface area contributed by atoms with Crippen molar-refractivity contribution in [2.24, 2.45) is 0 Å². The zero-order valence-corrected chi connectivity index (χ0v) is 13.5. The number of carbonyl (C=O) groups excluding carboxylic acids is 1. The van der Waals surface area contributed by atoms with E-state index in [1.807, 2.05) is 24.3 Å². The van der Waals surface area contributed by atoms with Gasteiger partial charge in [0, 0.05) is 24.0 Å². The second-order valence-electron chi connectivity index (χ2n) is 6.27. The summed E-state index contributed by atoms with van der Waals surface area (Å²) in [7, 11) is 0. The molecule has 0 aliphatic carbocycles. The van der Waals surface area contributed by atoms with E-state index in [0.29, 0.717) is 36.3 Å². The standard InChI is InChI=1S/C20H17FN2O2/c21-14-7-5-13(6-8-14)19-11-17(16-3-1-2-4-18(16)22-19)20(25)23-10-9-15(24)12-23/h1-8,11,15,24H,9-10,12H2/t15-/m1/s1. The number of pyridine rings is 1. The van der Waals surface area contributed by atoms with Gasteiger partial charge in [0.15, 0.2) is 0 Å². The van der Waals surface area contributed by atoms with Gasteiger partial charge in [-0.1, -0.05) is 18.2 Å². The summed E-state index contributed by atoms with van der Waals surface area (Å²) in [6, 6.07) is 15.3. The predicted molar refractivity (Wildman–Crippen MR) is 93.7 cm³/mol. The van der Waals surface area contributed by atoms with Gasteiger partial charge in [0.05, 0.1) is 22.9 Å². The number of aliphatic hydroxyl groups excluding tert-OH is 1. The summed E-state index contributed by atoms with van der Waals surface area (Å²) in [6.07, 6.45) is 0.133. The minimum atomic E-state index is -0.464. The molecule has 1 N–H and O–H groups in total. The van der Waals surface area contributed by atoms with Crippen LogP contribution in [0.2, 0.25) is 0 Å². The minimum absolute atomic E-state index is 0.112. The number of amides is 1. The van der Waals surface area contributed by atoms with Crippen molar-refractivity contribution < 1.29 is 14.3 Å². The third-order valence-corrected chi connectivity index (χ3v) is 4.54. The maximum absolute atomic E-state index is 13.2. The maximum Gasteiger partial charge on any atom is 0.254 e. The van der Waals surface area contributed by atoms with Crippen LogP contribution in [0.1, 0.15) is 16.8 Å². The second-order valence-corrected chi connectivity index (χ2v) is 6.27. The number of para-hydroxylation sites is 1. The number of aliphatic hydroxyl groups is 1. The van der Waals surface area contributed by atoms with Gasteiger partial charge >= 0.3 is 0 Å². The molecule has 2 heterocycles. The van der Waals surface area contributed by atoms with Gasteiger partial charge in [-0.05, 0) is 42.8 Å². The number of aromatic nitrogens is 1. The highest BCUT2D eigenvalue weighted by atomic mass is 19.1. The monoisotopic (exact) mass is 336 g/mol. The SMILES string of the molecule is O=C(c1cc(-c2ccc(F)cc2)nc2ccccc12)N1CC[C@@H](O)C1. The summed E-state index contributed by atoms with van der Waals surface area (Å²) in [6.45, 7) is 0.893. The first kappa shape index (κ1) is 15.7. The first-order valence-corrected chi connectivity index (χ1v) is 8.25. The number of halogens is 1. The molecule has 4 rings (SSSR count). The predicted octanol–water partition coefficient (Wildman–Crippen LogP) is 3.25. The van der Waals surface area contributed by atoms with Crippen LogP contribution in [0.15, 0.2) is 54.6 Å². The number of β-amino-alcohol motifs (C(OH)–C–C–N with tert-alkyl or cyclic N) is 1. The average Bonchev–Trinajstić information content (AvgIpc) is 3.07. The van der Waals surface area contributed by atoms with Crippen molar-refractivity contribution in [1.82, 2.24) is 9.88 Å². The number of nitrogens with zero attached hydrogens (tertiary/aromatic N) is 2. The Morgan fingerprint density at radius 1 is 1.16 bits per heavy atom. The van der Waals surface area contributed by atoms with Crippen LogP contribution in [0.25, 0.3) is 22.2 Å². The molecule has 1 aliphatic heterocycles. The maximum atomic E-state index is 13.2. The molecule has 1 aliphatic rings. The Bertz CT molecular complexity index is 940. The summed E-state index contributed by atoms with van der Waals surface area (Å²) in [4.78, 5) is 19.3. The number of hydrogen-bond acceptors (Lipinski definition) is 3. The summed E-state index contributed by atoms with van der Waals surface area (Å²) in [5.41, 5.74) is 2.65. The molecule has 4 nitrogen and oxygen atoms in total. The van der Waals surface area contributed by atoms with Crippen molar-refractivity contribution in [3.8, 4) is 11.3 Å². The molecular formula is C20H17FN2O2. The smallest absolute Gasteiger partial charge is 0.254 e. The number of benzene rings is 2. The Labute approximate surface area is 144 Å². The number of hydrogen-bond donors (Lipinski definition) is 1. The van der Waals surface area contributed by atoms with Crippen molar-refractivity contribution in [1.29, 1.82) is 0 Å². The van der Waals surface area contributed by atoms with Crippen LogP contribution in [0.3, 0.4) is 0 Å². The highest BCUT2D eigenvalue weighted by Gasteiger charge is 2.27. The summed E-state index contributed by atoms with van der Waals surface area (Å²) < 4.78 is 13.2. The first-order valence-electron chi connectivity index (χ1n) is 8.25. The van der Waals surface area contributed by atoms with Crippen LogP contribution in [0.5, 0.6) is 0 Å². The van der Waals surface area contributed by atoms with Crippen molar-refractivity contribution in [3.05, 3.63) is 66.0 Å². The van der Waals surface area contributed by atoms with E-state index in [2.05, 4.69) is 4.98 Å². The molecule has 2 aromatic carbocycles. The highest BCUT2D eigenvalue weighted by molar-refractivity contribution is 6.07. The fourth-order valence-corrected chi connectivity index (χ4v) is 3.22. The zero-order chi connectivity index (χ0) is 17.4. The van der Waals surface area contributed by atoms with E-state index in [0.717, 1.165) is 10.9 Å². The quantitative estimate of drug-likeness (QED) is 0.782. The van der Waals surface area contributed by atoms with Gasteiger partial charge in [0.1, 0.15) is 5.82 Å². The largest absolute Gasteiger partial charge is 0.391 e. The molecule has 1 atom stereocenters. The van der Waals surface area contributed by atoms with Crippen molar-refractivity contribution in [2.45, 2.75) is 12.5 Å². The molecule has 25 heavy (non-hydrogen) atoms. The van der Waals surface area contributed by atoms with Crippen LogP contribution < -0.4 is 0 Å². The molecule has 0 saturated carbocycles. The molecule has 3 aromatic rings. The van der Waals surface area contributed by atoms with Crippen LogP contribution in [0.4, 0.5) is 4.39 Å². The fraction of sp³-hybridized carbons (Fsp3) is 0.200. The molecule has 1 aromatic heterocycles. The van der Waals surface area contributed by atoms with Crippen molar-refractivity contribution in [2.75, 3.05) is 13.1 Å².